The zero-order valence-electron chi connectivity index (χ0n) is 11.1. The molecule has 0 unspecified atom stereocenters. The molecule has 19 heavy (non-hydrogen) atoms. The van der Waals surface area contributed by atoms with E-state index >= 15 is 0 Å². The standard InChI is InChI=1S/C13H18BrN3O2/c1-9(18)17-5-3-11(4-6-17)15-13(19)12-7-10(14)8-16(12)2/h7-8,11H,3-6H2,1-2H3,(H,15,19). The number of aromatic nitrogens is 1. The van der Waals surface area contributed by atoms with E-state index in [1.165, 1.54) is 0 Å². The van der Waals surface area contributed by atoms with E-state index in [1.807, 2.05) is 18.1 Å². The van der Waals surface area contributed by atoms with Gasteiger partial charge < -0.3 is 14.8 Å². The third kappa shape index (κ3) is 3.37. The van der Waals surface area contributed by atoms with Gasteiger partial charge in [0.05, 0.1) is 0 Å². The van der Waals surface area contributed by atoms with Crippen LogP contribution in [0.3, 0.4) is 0 Å². The highest BCUT2D eigenvalue weighted by Crippen LogP contribution is 2.15. The number of piperidine rings is 1. The number of likely N-dealkylation sites (tertiary alicyclic amines) is 1. The molecule has 0 aromatic carbocycles. The van der Waals surface area contributed by atoms with Gasteiger partial charge in [-0.2, -0.15) is 0 Å². The van der Waals surface area contributed by atoms with Crippen LogP contribution in [0.2, 0.25) is 0 Å². The number of hydrogen-bond acceptors (Lipinski definition) is 2. The number of carbonyl (C=O) groups excluding carboxylic acids is 2. The van der Waals surface area contributed by atoms with Gasteiger partial charge in [-0.15, -0.1) is 0 Å². The zero-order valence-corrected chi connectivity index (χ0v) is 12.7. The van der Waals surface area contributed by atoms with Crippen molar-refractivity contribution in [1.82, 2.24) is 14.8 Å². The molecule has 1 aliphatic heterocycles. The summed E-state index contributed by atoms with van der Waals surface area (Å²) in [4.78, 5) is 25.2. The fourth-order valence-corrected chi connectivity index (χ4v) is 2.87. The molecule has 0 spiro atoms. The molecule has 0 atom stereocenters. The van der Waals surface area contributed by atoms with Crippen molar-refractivity contribution in [3.8, 4) is 0 Å². The quantitative estimate of drug-likeness (QED) is 0.895. The van der Waals surface area contributed by atoms with Crippen LogP contribution in [0.25, 0.3) is 0 Å². The Balaban J connectivity index is 1.91. The lowest BCUT2D eigenvalue weighted by molar-refractivity contribution is -0.129. The summed E-state index contributed by atoms with van der Waals surface area (Å²) in [5.74, 6) is 0.0469. The smallest absolute Gasteiger partial charge is 0.268 e. The molecule has 104 valence electrons. The molecule has 2 rings (SSSR count). The summed E-state index contributed by atoms with van der Waals surface area (Å²) in [7, 11) is 1.85. The van der Waals surface area contributed by atoms with Gasteiger partial charge in [-0.3, -0.25) is 9.59 Å². The third-order valence-electron chi connectivity index (χ3n) is 3.48. The summed E-state index contributed by atoms with van der Waals surface area (Å²) in [5.41, 5.74) is 0.640. The summed E-state index contributed by atoms with van der Waals surface area (Å²) in [6.45, 7) is 3.02. The van der Waals surface area contributed by atoms with Crippen molar-refractivity contribution >= 4 is 27.7 Å². The fourth-order valence-electron chi connectivity index (χ4n) is 2.35. The molecule has 1 fully saturated rings. The molecule has 0 aliphatic carbocycles. The maximum atomic E-state index is 12.1. The molecule has 6 heteroatoms. The SMILES string of the molecule is CC(=O)N1CCC(NC(=O)c2cc(Br)cn2C)CC1. The molecule has 1 aliphatic rings. The van der Waals surface area contributed by atoms with E-state index in [4.69, 9.17) is 0 Å². The van der Waals surface area contributed by atoms with Crippen LogP contribution in [-0.2, 0) is 11.8 Å². The molecule has 2 amide bonds. The maximum absolute atomic E-state index is 12.1. The number of rotatable bonds is 2. The molecule has 5 nitrogen and oxygen atoms in total. The van der Waals surface area contributed by atoms with Crippen molar-refractivity contribution in [3.05, 3.63) is 22.4 Å². The van der Waals surface area contributed by atoms with Crippen LogP contribution < -0.4 is 5.32 Å². The minimum atomic E-state index is -0.0607. The summed E-state index contributed by atoms with van der Waals surface area (Å²) in [6.07, 6.45) is 3.49. The Morgan fingerprint density at radius 2 is 2.00 bits per heavy atom. The van der Waals surface area contributed by atoms with Crippen LogP contribution in [0.5, 0.6) is 0 Å². The van der Waals surface area contributed by atoms with Crippen molar-refractivity contribution in [1.29, 1.82) is 0 Å². The molecular formula is C13H18BrN3O2. The van der Waals surface area contributed by atoms with Crippen molar-refractivity contribution in [2.45, 2.75) is 25.8 Å². The summed E-state index contributed by atoms with van der Waals surface area (Å²) in [5, 5.41) is 3.03. The Kier molecular flexibility index (Phi) is 4.29. The van der Waals surface area contributed by atoms with Gasteiger partial charge in [0.25, 0.3) is 5.91 Å². The van der Waals surface area contributed by atoms with E-state index in [1.54, 1.807) is 17.6 Å². The van der Waals surface area contributed by atoms with Gasteiger partial charge >= 0.3 is 0 Å². The lowest BCUT2D eigenvalue weighted by atomic mass is 10.0. The van der Waals surface area contributed by atoms with Crippen LogP contribution in [0.15, 0.2) is 16.7 Å². The Morgan fingerprint density at radius 1 is 1.37 bits per heavy atom. The van der Waals surface area contributed by atoms with E-state index in [9.17, 15) is 9.59 Å². The van der Waals surface area contributed by atoms with Crippen molar-refractivity contribution in [3.63, 3.8) is 0 Å². The lowest BCUT2D eigenvalue weighted by Crippen LogP contribution is -2.46. The lowest BCUT2D eigenvalue weighted by Gasteiger charge is -2.31. The molecule has 0 bridgehead atoms. The number of aryl methyl sites for hydroxylation is 1. The first-order chi connectivity index (χ1) is 8.97. The number of nitrogens with one attached hydrogen (secondary N) is 1. The molecule has 0 radical (unpaired) electrons. The minimum absolute atomic E-state index is 0.0607. The highest BCUT2D eigenvalue weighted by Gasteiger charge is 2.23. The van der Waals surface area contributed by atoms with E-state index in [2.05, 4.69) is 21.2 Å². The highest BCUT2D eigenvalue weighted by atomic mass is 79.9. The third-order valence-corrected chi connectivity index (χ3v) is 3.91. The Bertz CT molecular complexity index is 490. The van der Waals surface area contributed by atoms with Gasteiger partial charge in [0, 0.05) is 43.8 Å². The molecule has 1 aromatic rings. The predicted octanol–water partition coefficient (Wildman–Crippen LogP) is 1.53. The highest BCUT2D eigenvalue weighted by molar-refractivity contribution is 9.10. The normalized spacial score (nSPS) is 16.5. The molecular weight excluding hydrogens is 310 g/mol. The molecule has 1 saturated heterocycles. The molecule has 0 saturated carbocycles. The first-order valence-electron chi connectivity index (χ1n) is 6.35. The van der Waals surface area contributed by atoms with Crippen LogP contribution in [0.1, 0.15) is 30.3 Å². The first kappa shape index (κ1) is 14.1. The van der Waals surface area contributed by atoms with E-state index in [-0.39, 0.29) is 17.9 Å². The second kappa shape index (κ2) is 5.77. The number of amides is 2. The topological polar surface area (TPSA) is 54.3 Å². The molecule has 2 heterocycles. The number of nitrogens with zero attached hydrogens (tertiary/aromatic N) is 2. The van der Waals surface area contributed by atoms with E-state index in [0.717, 1.165) is 30.4 Å². The summed E-state index contributed by atoms with van der Waals surface area (Å²) >= 11 is 3.36. The van der Waals surface area contributed by atoms with Gasteiger partial charge in [0.15, 0.2) is 0 Å². The fraction of sp³-hybridized carbons (Fsp3) is 0.538. The molecule has 1 N–H and O–H groups in total. The number of hydrogen-bond donors (Lipinski definition) is 1. The zero-order chi connectivity index (χ0) is 14.0. The Labute approximate surface area is 121 Å². The minimum Gasteiger partial charge on any atom is -0.348 e. The van der Waals surface area contributed by atoms with Crippen LogP contribution in [0.4, 0.5) is 0 Å². The van der Waals surface area contributed by atoms with Gasteiger partial charge in [-0.25, -0.2) is 0 Å². The largest absolute Gasteiger partial charge is 0.348 e. The van der Waals surface area contributed by atoms with Crippen LogP contribution in [-0.4, -0.2) is 40.4 Å². The second-order valence-electron chi connectivity index (χ2n) is 4.91. The maximum Gasteiger partial charge on any atom is 0.268 e. The Morgan fingerprint density at radius 3 is 2.47 bits per heavy atom. The second-order valence-corrected chi connectivity index (χ2v) is 5.82. The Hall–Kier alpha value is -1.30. The van der Waals surface area contributed by atoms with E-state index < -0.39 is 0 Å². The van der Waals surface area contributed by atoms with Crippen molar-refractivity contribution < 1.29 is 9.59 Å². The number of halogens is 1. The summed E-state index contributed by atoms with van der Waals surface area (Å²) in [6, 6.07) is 1.96. The van der Waals surface area contributed by atoms with Crippen molar-refractivity contribution in [2.24, 2.45) is 7.05 Å². The van der Waals surface area contributed by atoms with Crippen molar-refractivity contribution in [2.75, 3.05) is 13.1 Å². The van der Waals surface area contributed by atoms with E-state index in [0.29, 0.717) is 5.69 Å². The van der Waals surface area contributed by atoms with Gasteiger partial charge in [-0.1, -0.05) is 0 Å². The predicted molar refractivity (Wildman–Crippen MR) is 75.9 cm³/mol. The monoisotopic (exact) mass is 327 g/mol. The van der Waals surface area contributed by atoms with Crippen LogP contribution >= 0.6 is 15.9 Å². The average molecular weight is 328 g/mol. The summed E-state index contributed by atoms with van der Waals surface area (Å²) < 4.78 is 2.69. The van der Waals surface area contributed by atoms with Gasteiger partial charge in [0.2, 0.25) is 5.91 Å². The first-order valence-corrected chi connectivity index (χ1v) is 7.15. The average Bonchev–Trinajstić information content (AvgIpc) is 2.69. The number of carbonyl (C=O) groups is 2. The van der Waals surface area contributed by atoms with Gasteiger partial charge in [-0.05, 0) is 34.8 Å². The molecule has 1 aromatic heterocycles. The van der Waals surface area contributed by atoms with Crippen LogP contribution in [0, 0.1) is 0 Å². The van der Waals surface area contributed by atoms with Gasteiger partial charge in [0.1, 0.15) is 5.69 Å².